The monoisotopic (exact) mass is 236 g/mol. The van der Waals surface area contributed by atoms with Crippen molar-refractivity contribution in [3.8, 4) is 0 Å². The van der Waals surface area contributed by atoms with Gasteiger partial charge in [-0.05, 0) is 33.8 Å². The fourth-order valence-electron chi connectivity index (χ4n) is 0.972. The molecule has 0 rings (SSSR count). The van der Waals surface area contributed by atoms with Crippen molar-refractivity contribution in [2.75, 3.05) is 14.2 Å². The summed E-state index contributed by atoms with van der Waals surface area (Å²) in [7, 11) is 3.58. The van der Waals surface area contributed by atoms with E-state index < -0.39 is 0 Å². The maximum atomic E-state index is 5.27. The van der Waals surface area contributed by atoms with Crippen molar-refractivity contribution >= 4 is 6.21 Å². The van der Waals surface area contributed by atoms with Crippen LogP contribution in [0, 0.1) is 0 Å². The highest BCUT2D eigenvalue weighted by Gasteiger charge is 2.14. The van der Waals surface area contributed by atoms with E-state index in [0.717, 1.165) is 11.3 Å². The lowest BCUT2D eigenvalue weighted by molar-refractivity contribution is 0.185. The van der Waals surface area contributed by atoms with Gasteiger partial charge in [0.1, 0.15) is 5.76 Å². The van der Waals surface area contributed by atoms with Crippen molar-refractivity contribution in [1.82, 2.24) is 5.01 Å². The van der Waals surface area contributed by atoms with Crippen LogP contribution in [0.3, 0.4) is 0 Å². The minimum atomic E-state index is -0.00336. The number of allylic oxidation sites excluding steroid dienone is 4. The zero-order valence-electron chi connectivity index (χ0n) is 11.8. The Morgan fingerprint density at radius 2 is 1.94 bits per heavy atom. The first-order chi connectivity index (χ1) is 7.86. The van der Waals surface area contributed by atoms with E-state index in [-0.39, 0.29) is 5.54 Å². The van der Waals surface area contributed by atoms with Gasteiger partial charge in [-0.1, -0.05) is 18.7 Å². The average Bonchev–Trinajstić information content (AvgIpc) is 2.26. The molecule has 0 saturated carbocycles. The fraction of sp³-hybridized carbons (Fsp3) is 0.500. The first kappa shape index (κ1) is 15.5. The largest absolute Gasteiger partial charge is 0.496 e. The van der Waals surface area contributed by atoms with Crippen LogP contribution in [0.5, 0.6) is 0 Å². The predicted octanol–water partition coefficient (Wildman–Crippen LogP) is 3.37. The molecule has 0 bridgehead atoms. The van der Waals surface area contributed by atoms with Crippen LogP contribution in [0.15, 0.2) is 41.2 Å². The molecule has 0 aromatic heterocycles. The molecule has 0 aromatic rings. The summed E-state index contributed by atoms with van der Waals surface area (Å²) in [6.45, 7) is 12.0. The van der Waals surface area contributed by atoms with Crippen LogP contribution in [0.25, 0.3) is 0 Å². The van der Waals surface area contributed by atoms with Gasteiger partial charge in [0, 0.05) is 18.2 Å². The van der Waals surface area contributed by atoms with Crippen molar-refractivity contribution in [1.29, 1.82) is 0 Å². The molecule has 0 N–H and O–H groups in total. The average molecular weight is 236 g/mol. The van der Waals surface area contributed by atoms with Crippen molar-refractivity contribution in [2.24, 2.45) is 5.10 Å². The molecule has 0 aromatic carbocycles. The van der Waals surface area contributed by atoms with Gasteiger partial charge in [-0.2, -0.15) is 5.10 Å². The molecule has 0 atom stereocenters. The molecule has 0 heterocycles. The molecule has 0 spiro atoms. The van der Waals surface area contributed by atoms with E-state index in [9.17, 15) is 0 Å². The van der Waals surface area contributed by atoms with E-state index in [1.165, 1.54) is 0 Å². The summed E-state index contributed by atoms with van der Waals surface area (Å²) in [6, 6.07) is 0. The number of hydrogen-bond donors (Lipinski definition) is 0. The van der Waals surface area contributed by atoms with Crippen LogP contribution >= 0.6 is 0 Å². The standard InChI is InChI=1S/C14H24N2O/c1-8-10-13(17-7)12(9-2)11-15-16(6)14(3,4)5/h8-11H,2H2,1,3-7H3. The summed E-state index contributed by atoms with van der Waals surface area (Å²) in [6.07, 6.45) is 7.31. The summed E-state index contributed by atoms with van der Waals surface area (Å²) < 4.78 is 5.27. The molecule has 17 heavy (non-hydrogen) atoms. The summed E-state index contributed by atoms with van der Waals surface area (Å²) in [5, 5.41) is 6.29. The number of hydrazone groups is 1. The molecule has 0 amide bonds. The van der Waals surface area contributed by atoms with Crippen molar-refractivity contribution in [2.45, 2.75) is 33.2 Å². The highest BCUT2D eigenvalue weighted by atomic mass is 16.5. The third kappa shape index (κ3) is 5.38. The Balaban J connectivity index is 5.05. The zero-order valence-corrected chi connectivity index (χ0v) is 11.8. The molecule has 0 aliphatic carbocycles. The molecule has 0 radical (unpaired) electrons. The molecular weight excluding hydrogens is 212 g/mol. The summed E-state index contributed by atoms with van der Waals surface area (Å²) in [4.78, 5) is 0. The maximum absolute atomic E-state index is 5.27. The number of ether oxygens (including phenoxy) is 1. The molecule has 0 aliphatic heterocycles. The van der Waals surface area contributed by atoms with E-state index in [0.29, 0.717) is 0 Å². The second-order valence-corrected chi connectivity index (χ2v) is 4.67. The third-order valence-corrected chi connectivity index (χ3v) is 2.38. The number of methoxy groups -OCH3 is 1. The Morgan fingerprint density at radius 3 is 2.29 bits per heavy atom. The second kappa shape index (κ2) is 6.94. The first-order valence-electron chi connectivity index (χ1n) is 5.68. The SMILES string of the molecule is C=CC(C=NN(C)C(C)(C)C)=C(C=CC)OC. The second-order valence-electron chi connectivity index (χ2n) is 4.67. The molecule has 0 saturated heterocycles. The van der Waals surface area contributed by atoms with Crippen LogP contribution in [-0.2, 0) is 4.74 Å². The van der Waals surface area contributed by atoms with Gasteiger partial charge in [0.2, 0.25) is 0 Å². The predicted molar refractivity (Wildman–Crippen MR) is 75.1 cm³/mol. The number of nitrogens with zero attached hydrogens (tertiary/aromatic N) is 2. The van der Waals surface area contributed by atoms with Crippen LogP contribution in [0.2, 0.25) is 0 Å². The number of hydrogen-bond acceptors (Lipinski definition) is 3. The lowest BCUT2D eigenvalue weighted by atomic mass is 10.1. The van der Waals surface area contributed by atoms with E-state index in [4.69, 9.17) is 4.74 Å². The highest BCUT2D eigenvalue weighted by molar-refractivity contribution is 5.83. The Kier molecular flexibility index (Phi) is 6.33. The summed E-state index contributed by atoms with van der Waals surface area (Å²) in [5.74, 6) is 0.758. The Bertz CT molecular complexity index is 333. The maximum Gasteiger partial charge on any atom is 0.127 e. The lowest BCUT2D eigenvalue weighted by Gasteiger charge is -2.28. The van der Waals surface area contributed by atoms with Crippen molar-refractivity contribution in [3.05, 3.63) is 36.1 Å². The fourth-order valence-corrected chi connectivity index (χ4v) is 0.972. The molecule has 0 unspecified atom stereocenters. The quantitative estimate of drug-likeness (QED) is 0.316. The minimum Gasteiger partial charge on any atom is -0.496 e. The van der Waals surface area contributed by atoms with E-state index >= 15 is 0 Å². The smallest absolute Gasteiger partial charge is 0.127 e. The van der Waals surface area contributed by atoms with E-state index in [2.05, 4.69) is 32.5 Å². The van der Waals surface area contributed by atoms with Gasteiger partial charge in [0.25, 0.3) is 0 Å². The van der Waals surface area contributed by atoms with Crippen molar-refractivity contribution in [3.63, 3.8) is 0 Å². The van der Waals surface area contributed by atoms with Crippen LogP contribution < -0.4 is 0 Å². The molecule has 3 nitrogen and oxygen atoms in total. The Morgan fingerprint density at radius 1 is 1.35 bits per heavy atom. The topological polar surface area (TPSA) is 24.8 Å². The molecular formula is C14H24N2O. The van der Waals surface area contributed by atoms with Gasteiger partial charge in [0.15, 0.2) is 0 Å². The highest BCUT2D eigenvalue weighted by Crippen LogP contribution is 2.12. The van der Waals surface area contributed by atoms with Gasteiger partial charge >= 0.3 is 0 Å². The summed E-state index contributed by atoms with van der Waals surface area (Å²) >= 11 is 0. The summed E-state index contributed by atoms with van der Waals surface area (Å²) in [5.41, 5.74) is 0.859. The molecule has 0 aliphatic rings. The van der Waals surface area contributed by atoms with Gasteiger partial charge < -0.3 is 4.74 Å². The van der Waals surface area contributed by atoms with E-state index in [1.807, 2.05) is 31.1 Å². The first-order valence-corrected chi connectivity index (χ1v) is 5.68. The minimum absolute atomic E-state index is 0.00336. The Labute approximate surface area is 105 Å². The number of rotatable bonds is 5. The van der Waals surface area contributed by atoms with Gasteiger partial charge in [-0.15, -0.1) is 0 Å². The normalized spacial score (nSPS) is 14.0. The Hall–Kier alpha value is -1.51. The van der Waals surface area contributed by atoms with E-state index in [1.54, 1.807) is 19.4 Å². The zero-order chi connectivity index (χ0) is 13.5. The third-order valence-electron chi connectivity index (χ3n) is 2.38. The van der Waals surface area contributed by atoms with Gasteiger partial charge in [-0.25, -0.2) is 0 Å². The molecule has 0 fully saturated rings. The van der Waals surface area contributed by atoms with Crippen LogP contribution in [-0.4, -0.2) is 30.9 Å². The van der Waals surface area contributed by atoms with Crippen LogP contribution in [0.1, 0.15) is 27.7 Å². The van der Waals surface area contributed by atoms with Crippen LogP contribution in [0.4, 0.5) is 0 Å². The molecule has 96 valence electrons. The van der Waals surface area contributed by atoms with Gasteiger partial charge in [0.05, 0.1) is 13.3 Å². The van der Waals surface area contributed by atoms with Gasteiger partial charge in [-0.3, -0.25) is 5.01 Å². The van der Waals surface area contributed by atoms with Crippen molar-refractivity contribution < 1.29 is 4.74 Å². The molecule has 3 heteroatoms. The lowest BCUT2D eigenvalue weighted by Crippen LogP contribution is -2.33.